The smallest absolute Gasteiger partial charge is 0.270 e. The number of Topliss-reactive ketones (excluding diaryl/α,β-unsaturated/α-hetero) is 2. The molecule has 7 rings (SSSR count). The van der Waals surface area contributed by atoms with Crippen LogP contribution in [-0.2, 0) is 10.2 Å². The Morgan fingerprint density at radius 2 is 1.75 bits per heavy atom. The molecule has 9 nitrogen and oxygen atoms in total. The second kappa shape index (κ2) is 8.60. The van der Waals surface area contributed by atoms with E-state index < -0.39 is 45.8 Å². The van der Waals surface area contributed by atoms with Crippen LogP contribution in [0.2, 0.25) is 0 Å². The number of hydrogen-bond acceptors (Lipinski definition) is 7. The Hall–Kier alpha value is -5.31. The van der Waals surface area contributed by atoms with Crippen molar-refractivity contribution in [3.8, 4) is 0 Å². The van der Waals surface area contributed by atoms with Crippen molar-refractivity contribution in [2.75, 3.05) is 5.32 Å². The largest absolute Gasteiger partial charge is 0.461 e. The molecule has 0 aliphatic carbocycles. The van der Waals surface area contributed by atoms with Crippen LogP contribution in [0.15, 0.2) is 102 Å². The normalized spacial score (nSPS) is 23.9. The van der Waals surface area contributed by atoms with Crippen molar-refractivity contribution in [3.63, 3.8) is 0 Å². The maximum atomic E-state index is 14.4. The van der Waals surface area contributed by atoms with Gasteiger partial charge < -0.3 is 14.6 Å². The van der Waals surface area contributed by atoms with Crippen molar-refractivity contribution >= 4 is 34.9 Å². The van der Waals surface area contributed by atoms with Gasteiger partial charge in [-0.25, -0.2) is 0 Å². The van der Waals surface area contributed by atoms with Gasteiger partial charge in [0.05, 0.1) is 23.1 Å². The predicted octanol–water partition coefficient (Wildman–Crippen LogP) is 5.17. The molecule has 4 aromatic rings. The van der Waals surface area contributed by atoms with E-state index in [0.29, 0.717) is 11.3 Å². The molecule has 40 heavy (non-hydrogen) atoms. The highest BCUT2D eigenvalue weighted by Gasteiger charge is 2.71. The Balaban J connectivity index is 1.53. The molecule has 1 fully saturated rings. The topological polar surface area (TPSA) is 123 Å². The fourth-order valence-corrected chi connectivity index (χ4v) is 6.68. The van der Waals surface area contributed by atoms with Gasteiger partial charge in [-0.3, -0.25) is 24.5 Å². The van der Waals surface area contributed by atoms with Crippen LogP contribution >= 0.6 is 0 Å². The van der Waals surface area contributed by atoms with Gasteiger partial charge in [-0.2, -0.15) is 0 Å². The fraction of sp³-hybridized carbons (Fsp3) is 0.129. The third-order valence-electron chi connectivity index (χ3n) is 8.23. The van der Waals surface area contributed by atoms with Gasteiger partial charge in [-0.05, 0) is 41.0 Å². The van der Waals surface area contributed by atoms with E-state index >= 15 is 0 Å². The number of nitro benzene ring substituents is 1. The first-order valence-electron chi connectivity index (χ1n) is 12.7. The van der Waals surface area contributed by atoms with Crippen molar-refractivity contribution in [2.24, 2.45) is 5.92 Å². The molecule has 1 amide bonds. The average molecular weight is 532 g/mol. The predicted molar refractivity (Wildman–Crippen MR) is 145 cm³/mol. The summed E-state index contributed by atoms with van der Waals surface area (Å²) in [7, 11) is 0. The number of non-ortho nitro benzene ring substituents is 1. The first-order chi connectivity index (χ1) is 19.4. The maximum Gasteiger partial charge on any atom is 0.270 e. The van der Waals surface area contributed by atoms with Gasteiger partial charge in [0.1, 0.15) is 11.5 Å². The van der Waals surface area contributed by atoms with E-state index in [1.807, 2.05) is 36.4 Å². The molecule has 3 aromatic carbocycles. The molecule has 4 atom stereocenters. The minimum Gasteiger partial charge on any atom is -0.461 e. The van der Waals surface area contributed by atoms with E-state index in [1.165, 1.54) is 36.6 Å². The van der Waals surface area contributed by atoms with Crippen molar-refractivity contribution in [3.05, 3.63) is 136 Å². The number of para-hydroxylation sites is 1. The Bertz CT molecular complexity index is 1760. The summed E-state index contributed by atoms with van der Waals surface area (Å²) in [6.45, 7) is 0. The summed E-state index contributed by atoms with van der Waals surface area (Å²) in [6, 6.07) is 21.5. The molecule has 1 aromatic heterocycles. The number of amides is 1. The molecule has 0 unspecified atom stereocenters. The van der Waals surface area contributed by atoms with E-state index in [4.69, 9.17) is 4.42 Å². The molecule has 4 heterocycles. The molecule has 196 valence electrons. The number of carbonyl (C=O) groups excluding carboxylic acids is 3. The standard InChI is InChI=1S/C31H21N3O6/c35-27(19-8-5-9-20(17-19)34(38)39)26-25(28(36)24-13-6-16-40-24)31(22-11-3-4-12-23(22)32-30(31)37)29-21-10-2-1-7-18(21)14-15-33(26)29/h1-17,25-26,29H,(H,32,37)/t25-,26+,29-,31-/m1/s1. The average Bonchev–Trinajstić information content (AvgIpc) is 3.69. The third-order valence-corrected chi connectivity index (χ3v) is 8.23. The van der Waals surface area contributed by atoms with Crippen molar-refractivity contribution in [1.29, 1.82) is 0 Å². The number of ketones is 2. The number of rotatable bonds is 5. The summed E-state index contributed by atoms with van der Waals surface area (Å²) in [5.41, 5.74) is 1.18. The summed E-state index contributed by atoms with van der Waals surface area (Å²) in [5, 5.41) is 14.5. The second-order valence-corrected chi connectivity index (χ2v) is 10.1. The lowest BCUT2D eigenvalue weighted by molar-refractivity contribution is -0.384. The third kappa shape index (κ3) is 3.11. The SMILES string of the molecule is O=C(c1cccc([N+](=O)[O-])c1)[C@@H]1[C@H](C(=O)c2ccco2)[C@@]2(C(=O)Nc3ccccc32)[C@H]2c3ccccc3C=CN12. The zero-order chi connectivity index (χ0) is 27.6. The van der Waals surface area contributed by atoms with Crippen molar-refractivity contribution < 1.29 is 23.7 Å². The molecular weight excluding hydrogens is 510 g/mol. The van der Waals surface area contributed by atoms with Crippen molar-refractivity contribution in [2.45, 2.75) is 17.5 Å². The van der Waals surface area contributed by atoms with Gasteiger partial charge in [0.25, 0.3) is 5.69 Å². The van der Waals surface area contributed by atoms with Crippen molar-refractivity contribution in [1.82, 2.24) is 4.90 Å². The van der Waals surface area contributed by atoms with Gasteiger partial charge in [-0.1, -0.05) is 54.6 Å². The summed E-state index contributed by atoms with van der Waals surface area (Å²) < 4.78 is 5.52. The lowest BCUT2D eigenvalue weighted by Gasteiger charge is -2.38. The van der Waals surface area contributed by atoms with Crippen LogP contribution in [0.1, 0.15) is 43.6 Å². The van der Waals surface area contributed by atoms with Crippen LogP contribution in [0.3, 0.4) is 0 Å². The molecule has 3 aliphatic rings. The number of hydrogen-bond donors (Lipinski definition) is 1. The van der Waals surface area contributed by atoms with E-state index in [9.17, 15) is 24.5 Å². The number of nitrogens with zero attached hydrogens (tertiary/aromatic N) is 2. The summed E-state index contributed by atoms with van der Waals surface area (Å²) in [6.07, 6.45) is 4.97. The molecular formula is C31H21N3O6. The highest BCUT2D eigenvalue weighted by molar-refractivity contribution is 6.16. The summed E-state index contributed by atoms with van der Waals surface area (Å²) in [4.78, 5) is 55.9. The maximum absolute atomic E-state index is 14.4. The molecule has 9 heteroatoms. The highest BCUT2D eigenvalue weighted by Crippen LogP contribution is 2.62. The molecule has 1 spiro atoms. The minimum absolute atomic E-state index is 0.0236. The molecule has 1 N–H and O–H groups in total. The number of furan rings is 1. The monoisotopic (exact) mass is 531 g/mol. The van der Waals surface area contributed by atoms with Crippen LogP contribution in [0, 0.1) is 16.0 Å². The number of anilines is 1. The Kier molecular flexibility index (Phi) is 5.11. The fourth-order valence-electron chi connectivity index (χ4n) is 6.68. The molecule has 1 saturated heterocycles. The Morgan fingerprint density at radius 1 is 0.950 bits per heavy atom. The molecule has 0 saturated carbocycles. The zero-order valence-electron chi connectivity index (χ0n) is 20.9. The van der Waals surface area contributed by atoms with E-state index in [0.717, 1.165) is 11.1 Å². The molecule has 0 radical (unpaired) electrons. The van der Waals surface area contributed by atoms with E-state index in [1.54, 1.807) is 35.4 Å². The second-order valence-electron chi connectivity index (χ2n) is 10.1. The Morgan fingerprint density at radius 3 is 2.55 bits per heavy atom. The highest BCUT2D eigenvalue weighted by atomic mass is 16.6. The summed E-state index contributed by atoms with van der Waals surface area (Å²) >= 11 is 0. The Labute approximate surface area is 227 Å². The van der Waals surface area contributed by atoms with Gasteiger partial charge in [-0.15, -0.1) is 0 Å². The number of nitrogens with one attached hydrogen (secondary N) is 1. The lowest BCUT2D eigenvalue weighted by atomic mass is 9.63. The van der Waals surface area contributed by atoms with Crippen LogP contribution < -0.4 is 5.32 Å². The quantitative estimate of drug-likeness (QED) is 0.214. The van der Waals surface area contributed by atoms with Crippen LogP contribution in [0.4, 0.5) is 11.4 Å². The number of nitro groups is 1. The van der Waals surface area contributed by atoms with Gasteiger partial charge in [0.2, 0.25) is 11.7 Å². The van der Waals surface area contributed by atoms with E-state index in [-0.39, 0.29) is 17.0 Å². The van der Waals surface area contributed by atoms with Crippen LogP contribution in [-0.4, -0.2) is 33.3 Å². The van der Waals surface area contributed by atoms with Gasteiger partial charge in [0.15, 0.2) is 11.5 Å². The van der Waals surface area contributed by atoms with Gasteiger partial charge in [0, 0.05) is 29.6 Å². The number of carbonyl (C=O) groups is 3. The number of benzene rings is 3. The van der Waals surface area contributed by atoms with Crippen LogP contribution in [0.25, 0.3) is 6.08 Å². The summed E-state index contributed by atoms with van der Waals surface area (Å²) in [5.74, 6) is -2.59. The van der Waals surface area contributed by atoms with E-state index in [2.05, 4.69) is 5.32 Å². The molecule has 0 bridgehead atoms. The number of fused-ring (bicyclic) bond motifs is 6. The minimum atomic E-state index is -1.50. The zero-order valence-corrected chi connectivity index (χ0v) is 20.9. The molecule has 3 aliphatic heterocycles. The first-order valence-corrected chi connectivity index (χ1v) is 12.7. The van der Waals surface area contributed by atoms with Crippen LogP contribution in [0.5, 0.6) is 0 Å². The van der Waals surface area contributed by atoms with Gasteiger partial charge >= 0.3 is 0 Å². The lowest BCUT2D eigenvalue weighted by Crippen LogP contribution is -2.49. The first kappa shape index (κ1) is 23.8.